The van der Waals surface area contributed by atoms with Crippen molar-refractivity contribution in [3.8, 4) is 0 Å². The summed E-state index contributed by atoms with van der Waals surface area (Å²) in [6, 6.07) is 9.19. The normalized spacial score (nSPS) is 12.2. The van der Waals surface area contributed by atoms with Crippen molar-refractivity contribution in [2.24, 2.45) is 0 Å². The van der Waals surface area contributed by atoms with E-state index in [1.54, 1.807) is 12.1 Å². The molecule has 1 aromatic carbocycles. The smallest absolute Gasteiger partial charge is 0.748 e. The minimum absolute atomic E-state index is 0. The van der Waals surface area contributed by atoms with Crippen LogP contribution in [0.1, 0.15) is 17.3 Å². The molecule has 1 aromatic rings. The first-order chi connectivity index (χ1) is 7.34. The molecule has 1 rings (SSSR count). The molecule has 1 amide bonds. The minimum Gasteiger partial charge on any atom is -0.748 e. The molecule has 90 valence electrons. The predicted molar refractivity (Wildman–Crippen MR) is 63.4 cm³/mol. The third-order valence-corrected chi connectivity index (χ3v) is 1.37. The van der Waals surface area contributed by atoms with Crippen LogP contribution in [0.3, 0.4) is 0 Å². The molecule has 0 spiro atoms. The third kappa shape index (κ3) is 13.9. The largest absolute Gasteiger partial charge is 1.00 e. The van der Waals surface area contributed by atoms with Crippen molar-refractivity contribution in [1.29, 1.82) is 0 Å². The van der Waals surface area contributed by atoms with Gasteiger partial charge in [0.15, 0.2) is 0 Å². The summed E-state index contributed by atoms with van der Waals surface area (Å²) < 4.78 is 25.3. The van der Waals surface area contributed by atoms with E-state index in [4.69, 9.17) is 13.3 Å². The number of carbonyl (C=O) groups excluding carboxylic acids is 1. The van der Waals surface area contributed by atoms with Crippen LogP contribution < -0.4 is 34.9 Å². The van der Waals surface area contributed by atoms with Crippen LogP contribution >= 0.6 is 0 Å². The van der Waals surface area contributed by atoms with Crippen LogP contribution in [0.15, 0.2) is 30.3 Å². The van der Waals surface area contributed by atoms with Crippen molar-refractivity contribution in [3.05, 3.63) is 35.9 Å². The number of carbonyl (C=O) groups is 1. The molecule has 0 aliphatic carbocycles. The molecule has 0 fully saturated rings. The Morgan fingerprint density at radius 3 is 2.24 bits per heavy atom. The number of benzene rings is 1. The van der Waals surface area contributed by atoms with E-state index in [2.05, 4.69) is 16.5 Å². The Bertz CT molecular complexity index is 414. The van der Waals surface area contributed by atoms with E-state index in [-0.39, 0.29) is 35.5 Å². The first-order valence-corrected chi connectivity index (χ1v) is 6.72. The number of hydrogen-bond acceptors (Lipinski definition) is 4. The summed E-state index contributed by atoms with van der Waals surface area (Å²) in [5.74, 6) is -0.00639. The Kier molecular flexibility index (Phi) is 11.3. The summed E-state index contributed by atoms with van der Waals surface area (Å²) >= 11 is 3.35. The standard InChI is InChI=1S/C9H11NO.Na.H2O3S2/c1-2-10-9(11)8-6-4-3-5-7-8;;1-5(2,3)4/h3-7H,2H2,1H3,(H,10,11);;(H2,1,2,3,4)/q;+1;/p-1. The zero-order valence-corrected chi connectivity index (χ0v) is 13.2. The van der Waals surface area contributed by atoms with Gasteiger partial charge in [0.05, 0.1) is 9.05 Å². The van der Waals surface area contributed by atoms with Crippen LogP contribution in [-0.2, 0) is 20.2 Å². The maximum Gasteiger partial charge on any atom is 1.00 e. The molecule has 0 bridgehead atoms. The Morgan fingerprint density at radius 2 is 1.88 bits per heavy atom. The van der Waals surface area contributed by atoms with Crippen molar-refractivity contribution in [3.63, 3.8) is 0 Å². The molecule has 5 nitrogen and oxygen atoms in total. The number of rotatable bonds is 2. The molecular formula is C9H12NNaO4S2. The van der Waals surface area contributed by atoms with Gasteiger partial charge < -0.3 is 14.4 Å². The van der Waals surface area contributed by atoms with E-state index in [9.17, 15) is 4.79 Å². The van der Waals surface area contributed by atoms with E-state index in [1.807, 2.05) is 25.1 Å². The monoisotopic (exact) mass is 285 g/mol. The average molecular weight is 285 g/mol. The molecule has 0 aromatic heterocycles. The Labute approximate surface area is 128 Å². The van der Waals surface area contributed by atoms with Gasteiger partial charge in [-0.3, -0.25) is 4.79 Å². The molecule has 17 heavy (non-hydrogen) atoms. The fourth-order valence-electron chi connectivity index (χ4n) is 0.852. The SMILES string of the molecule is CCNC(=O)c1ccccc1.O=S([O-])(O)=S.[Na+]. The Morgan fingerprint density at radius 1 is 1.47 bits per heavy atom. The molecule has 0 saturated carbocycles. The molecule has 2 N–H and O–H groups in total. The number of amides is 1. The Balaban J connectivity index is 0. The van der Waals surface area contributed by atoms with Crippen LogP contribution in [0.4, 0.5) is 0 Å². The van der Waals surface area contributed by atoms with Gasteiger partial charge in [0.2, 0.25) is 0 Å². The minimum atomic E-state index is -4.08. The molecule has 0 heterocycles. The van der Waals surface area contributed by atoms with Gasteiger partial charge in [-0.15, -0.1) is 0 Å². The number of nitrogens with one attached hydrogen (secondary N) is 1. The quantitative estimate of drug-likeness (QED) is 0.601. The summed E-state index contributed by atoms with van der Waals surface area (Å²) in [6.07, 6.45) is 0. The molecule has 0 aliphatic rings. The van der Waals surface area contributed by atoms with Crippen LogP contribution in [-0.4, -0.2) is 25.8 Å². The first-order valence-electron chi connectivity index (χ1n) is 4.36. The summed E-state index contributed by atoms with van der Waals surface area (Å²) in [5, 5.41) is 2.72. The van der Waals surface area contributed by atoms with Gasteiger partial charge in [-0.2, -0.15) is 0 Å². The summed E-state index contributed by atoms with van der Waals surface area (Å²) in [7, 11) is -4.08. The van der Waals surface area contributed by atoms with Crippen molar-refractivity contribution >= 4 is 26.1 Å². The fraction of sp³-hybridized carbons (Fsp3) is 0.222. The van der Waals surface area contributed by atoms with Gasteiger partial charge in [0.25, 0.3) is 5.91 Å². The van der Waals surface area contributed by atoms with E-state index >= 15 is 0 Å². The zero-order chi connectivity index (χ0) is 12.6. The molecule has 0 saturated heterocycles. The Hall–Kier alpha value is -0.0200. The van der Waals surface area contributed by atoms with Crippen LogP contribution in [0, 0.1) is 0 Å². The van der Waals surface area contributed by atoms with E-state index in [0.29, 0.717) is 12.1 Å². The maximum absolute atomic E-state index is 11.1. The summed E-state index contributed by atoms with van der Waals surface area (Å²) in [6.45, 7) is 2.58. The second-order valence-electron chi connectivity index (χ2n) is 2.65. The van der Waals surface area contributed by atoms with Crippen molar-refractivity contribution < 1.29 is 47.7 Å². The van der Waals surface area contributed by atoms with E-state index < -0.39 is 9.05 Å². The second kappa shape index (κ2) is 9.95. The van der Waals surface area contributed by atoms with Gasteiger partial charge >= 0.3 is 29.6 Å². The third-order valence-electron chi connectivity index (χ3n) is 1.37. The second-order valence-corrected chi connectivity index (χ2v) is 4.77. The fourth-order valence-corrected chi connectivity index (χ4v) is 0.852. The van der Waals surface area contributed by atoms with Crippen LogP contribution in [0.5, 0.6) is 0 Å². The van der Waals surface area contributed by atoms with Crippen LogP contribution in [0.25, 0.3) is 0 Å². The van der Waals surface area contributed by atoms with Gasteiger partial charge in [-0.1, -0.05) is 18.2 Å². The molecule has 0 aliphatic heterocycles. The van der Waals surface area contributed by atoms with E-state index in [1.165, 1.54) is 0 Å². The summed E-state index contributed by atoms with van der Waals surface area (Å²) in [4.78, 5) is 11.1. The number of hydrogen-bond donors (Lipinski definition) is 2. The summed E-state index contributed by atoms with van der Waals surface area (Å²) in [5.41, 5.74) is 0.717. The molecular weight excluding hydrogens is 273 g/mol. The van der Waals surface area contributed by atoms with Crippen LogP contribution in [0.2, 0.25) is 0 Å². The average Bonchev–Trinajstić information content (AvgIpc) is 2.17. The van der Waals surface area contributed by atoms with Crippen molar-refractivity contribution in [2.75, 3.05) is 6.54 Å². The van der Waals surface area contributed by atoms with Gasteiger partial charge in [-0.05, 0) is 30.2 Å². The maximum atomic E-state index is 11.1. The first kappa shape index (κ1) is 19.3. The molecule has 0 radical (unpaired) electrons. The zero-order valence-electron chi connectivity index (χ0n) is 9.58. The van der Waals surface area contributed by atoms with Gasteiger partial charge in [0, 0.05) is 12.1 Å². The van der Waals surface area contributed by atoms with Gasteiger partial charge in [0.1, 0.15) is 0 Å². The molecule has 1 unspecified atom stereocenters. The van der Waals surface area contributed by atoms with Crippen molar-refractivity contribution in [1.82, 2.24) is 5.32 Å². The topological polar surface area (TPSA) is 89.5 Å². The van der Waals surface area contributed by atoms with Crippen molar-refractivity contribution in [2.45, 2.75) is 6.92 Å². The molecule has 1 atom stereocenters. The predicted octanol–water partition coefficient (Wildman–Crippen LogP) is -2.22. The molecule has 8 heteroatoms. The van der Waals surface area contributed by atoms with Gasteiger partial charge in [-0.25, -0.2) is 4.21 Å². The van der Waals surface area contributed by atoms with E-state index in [0.717, 1.165) is 0 Å².